The Bertz CT molecular complexity index is 215. The third-order valence-corrected chi connectivity index (χ3v) is 2.53. The first-order chi connectivity index (χ1) is 6.68. The van der Waals surface area contributed by atoms with E-state index in [1.54, 1.807) is 0 Å². The van der Waals surface area contributed by atoms with Crippen molar-refractivity contribution in [2.75, 3.05) is 0 Å². The highest BCUT2D eigenvalue weighted by Gasteiger charge is 2.19. The lowest BCUT2D eigenvalue weighted by atomic mass is 10.1. The molecule has 0 saturated carbocycles. The van der Waals surface area contributed by atoms with E-state index in [1.165, 1.54) is 0 Å². The van der Waals surface area contributed by atoms with Crippen molar-refractivity contribution in [2.45, 2.75) is 51.0 Å². The summed E-state index contributed by atoms with van der Waals surface area (Å²) in [5, 5.41) is 11.3. The smallest absolute Gasteiger partial charge is 0.303 e. The van der Waals surface area contributed by atoms with Gasteiger partial charge in [-0.2, -0.15) is 0 Å². The van der Waals surface area contributed by atoms with E-state index in [-0.39, 0.29) is 12.3 Å². The van der Waals surface area contributed by atoms with Crippen LogP contribution in [0.15, 0.2) is 0 Å². The Hall–Kier alpha value is -1.06. The molecule has 0 spiro atoms. The number of hydrogen-bond donors (Lipinski definition) is 2. The molecule has 2 N–H and O–H groups in total. The minimum atomic E-state index is -0.723. The Balaban J connectivity index is 1.94. The van der Waals surface area contributed by atoms with E-state index >= 15 is 0 Å². The van der Waals surface area contributed by atoms with Crippen LogP contribution in [-0.4, -0.2) is 23.0 Å². The Labute approximate surface area is 83.7 Å². The molecule has 0 aromatic carbocycles. The minimum absolute atomic E-state index is 0.153. The van der Waals surface area contributed by atoms with E-state index < -0.39 is 5.97 Å². The zero-order valence-corrected chi connectivity index (χ0v) is 8.29. The molecule has 0 aromatic heterocycles. The summed E-state index contributed by atoms with van der Waals surface area (Å²) < 4.78 is 0. The van der Waals surface area contributed by atoms with E-state index in [1.807, 2.05) is 0 Å². The van der Waals surface area contributed by atoms with Crippen LogP contribution in [0.1, 0.15) is 44.9 Å². The van der Waals surface area contributed by atoms with Crippen LogP contribution in [0, 0.1) is 0 Å². The number of unbranched alkanes of at least 4 members (excludes halogenated alkanes) is 2. The van der Waals surface area contributed by atoms with Gasteiger partial charge < -0.3 is 10.4 Å². The molecule has 0 aromatic rings. The van der Waals surface area contributed by atoms with Crippen molar-refractivity contribution in [2.24, 2.45) is 0 Å². The fraction of sp³-hybridized carbons (Fsp3) is 0.800. The zero-order chi connectivity index (χ0) is 10.4. The average Bonchev–Trinajstić information content (AvgIpc) is 2.50. The molecule has 1 unspecified atom stereocenters. The third-order valence-electron chi connectivity index (χ3n) is 2.53. The van der Waals surface area contributed by atoms with Crippen LogP contribution < -0.4 is 5.32 Å². The van der Waals surface area contributed by atoms with Crippen molar-refractivity contribution in [1.29, 1.82) is 0 Å². The number of carbonyl (C=O) groups excluding carboxylic acids is 1. The maximum atomic E-state index is 10.8. The van der Waals surface area contributed by atoms with Gasteiger partial charge in [0.05, 0.1) is 0 Å². The highest BCUT2D eigenvalue weighted by Crippen LogP contribution is 2.14. The lowest BCUT2D eigenvalue weighted by molar-refractivity contribution is -0.137. The van der Waals surface area contributed by atoms with E-state index in [0.29, 0.717) is 12.5 Å². The van der Waals surface area contributed by atoms with Crippen LogP contribution in [0.3, 0.4) is 0 Å². The molecule has 1 aliphatic rings. The molecule has 1 saturated heterocycles. The maximum absolute atomic E-state index is 10.8. The minimum Gasteiger partial charge on any atom is -0.481 e. The van der Waals surface area contributed by atoms with Crippen molar-refractivity contribution in [1.82, 2.24) is 5.32 Å². The number of carboxylic acid groups (broad SMARTS) is 1. The van der Waals surface area contributed by atoms with Gasteiger partial charge in [0.15, 0.2) is 0 Å². The molecule has 0 aliphatic carbocycles. The molecule has 14 heavy (non-hydrogen) atoms. The molecule has 4 nitrogen and oxygen atoms in total. The van der Waals surface area contributed by atoms with Crippen LogP contribution >= 0.6 is 0 Å². The second-order valence-electron chi connectivity index (χ2n) is 3.80. The van der Waals surface area contributed by atoms with Gasteiger partial charge in [-0.25, -0.2) is 0 Å². The molecular formula is C10H17NO3. The van der Waals surface area contributed by atoms with Crippen molar-refractivity contribution in [3.63, 3.8) is 0 Å². The third kappa shape index (κ3) is 4.25. The Morgan fingerprint density at radius 2 is 2.21 bits per heavy atom. The highest BCUT2D eigenvalue weighted by atomic mass is 16.4. The molecular weight excluding hydrogens is 182 g/mol. The van der Waals surface area contributed by atoms with Crippen molar-refractivity contribution in [3.8, 4) is 0 Å². The number of carboxylic acids is 1. The largest absolute Gasteiger partial charge is 0.481 e. The van der Waals surface area contributed by atoms with Crippen LogP contribution in [0.2, 0.25) is 0 Å². The van der Waals surface area contributed by atoms with E-state index in [9.17, 15) is 9.59 Å². The van der Waals surface area contributed by atoms with Crippen LogP contribution in [0.5, 0.6) is 0 Å². The highest BCUT2D eigenvalue weighted by molar-refractivity contribution is 5.78. The topological polar surface area (TPSA) is 66.4 Å². The Morgan fingerprint density at radius 1 is 1.43 bits per heavy atom. The summed E-state index contributed by atoms with van der Waals surface area (Å²) >= 11 is 0. The van der Waals surface area contributed by atoms with Crippen molar-refractivity contribution >= 4 is 11.9 Å². The summed E-state index contributed by atoms with van der Waals surface area (Å²) in [6, 6.07) is 0.340. The van der Waals surface area contributed by atoms with Crippen LogP contribution in [-0.2, 0) is 9.59 Å². The van der Waals surface area contributed by atoms with Crippen LogP contribution in [0.4, 0.5) is 0 Å². The van der Waals surface area contributed by atoms with Gasteiger partial charge >= 0.3 is 5.97 Å². The number of carbonyl (C=O) groups is 2. The van der Waals surface area contributed by atoms with Gasteiger partial charge in [-0.05, 0) is 19.3 Å². The lowest BCUT2D eigenvalue weighted by Crippen LogP contribution is -2.24. The second-order valence-corrected chi connectivity index (χ2v) is 3.80. The molecule has 1 fully saturated rings. The summed E-state index contributed by atoms with van der Waals surface area (Å²) in [7, 11) is 0. The standard InChI is InChI=1S/C10H17NO3/c12-9-7-6-8(11-9)4-2-1-3-5-10(13)14/h8H,1-7H2,(H,11,12)(H,13,14). The van der Waals surface area contributed by atoms with Gasteiger partial charge in [0.25, 0.3) is 0 Å². The second kappa shape index (κ2) is 5.62. The van der Waals surface area contributed by atoms with Gasteiger partial charge in [0.2, 0.25) is 5.91 Å². The number of nitrogens with one attached hydrogen (secondary N) is 1. The molecule has 0 bridgehead atoms. The zero-order valence-electron chi connectivity index (χ0n) is 8.29. The average molecular weight is 199 g/mol. The summed E-state index contributed by atoms with van der Waals surface area (Å²) in [6.07, 6.45) is 5.55. The van der Waals surface area contributed by atoms with E-state index in [2.05, 4.69) is 5.32 Å². The Kier molecular flexibility index (Phi) is 4.43. The molecule has 1 heterocycles. The Morgan fingerprint density at radius 3 is 2.79 bits per heavy atom. The van der Waals surface area contributed by atoms with Gasteiger partial charge in [0, 0.05) is 18.9 Å². The first-order valence-corrected chi connectivity index (χ1v) is 5.19. The predicted octanol–water partition coefficient (Wildman–Crippen LogP) is 1.30. The molecule has 1 amide bonds. The van der Waals surface area contributed by atoms with Crippen LogP contribution in [0.25, 0.3) is 0 Å². The van der Waals surface area contributed by atoms with Gasteiger partial charge in [0.1, 0.15) is 0 Å². The van der Waals surface area contributed by atoms with Gasteiger partial charge in [-0.3, -0.25) is 9.59 Å². The first kappa shape index (κ1) is 11.0. The van der Waals surface area contributed by atoms with Gasteiger partial charge in [-0.15, -0.1) is 0 Å². The monoisotopic (exact) mass is 199 g/mol. The normalized spacial score (nSPS) is 20.9. The number of rotatable bonds is 6. The molecule has 1 aliphatic heterocycles. The number of hydrogen-bond acceptors (Lipinski definition) is 2. The summed E-state index contributed by atoms with van der Waals surface area (Å²) in [4.78, 5) is 21.0. The summed E-state index contributed by atoms with van der Waals surface area (Å²) in [5.41, 5.74) is 0. The first-order valence-electron chi connectivity index (χ1n) is 5.19. The predicted molar refractivity (Wildman–Crippen MR) is 51.9 cm³/mol. The SMILES string of the molecule is O=C(O)CCCCCC1CCC(=O)N1. The summed E-state index contributed by atoms with van der Waals surface area (Å²) in [5.74, 6) is -0.570. The molecule has 1 rings (SSSR count). The van der Waals surface area contributed by atoms with Crippen molar-refractivity contribution < 1.29 is 14.7 Å². The summed E-state index contributed by atoms with van der Waals surface area (Å²) in [6.45, 7) is 0. The molecule has 0 radical (unpaired) electrons. The maximum Gasteiger partial charge on any atom is 0.303 e. The molecule has 80 valence electrons. The molecule has 1 atom stereocenters. The fourth-order valence-corrected chi connectivity index (χ4v) is 1.74. The van der Waals surface area contributed by atoms with E-state index in [4.69, 9.17) is 5.11 Å². The molecule has 4 heteroatoms. The van der Waals surface area contributed by atoms with Gasteiger partial charge in [-0.1, -0.05) is 12.8 Å². The lowest BCUT2D eigenvalue weighted by Gasteiger charge is -2.08. The quantitative estimate of drug-likeness (QED) is 0.634. The number of amides is 1. The fourth-order valence-electron chi connectivity index (χ4n) is 1.74. The van der Waals surface area contributed by atoms with Crippen molar-refractivity contribution in [3.05, 3.63) is 0 Å². The van der Waals surface area contributed by atoms with E-state index in [0.717, 1.165) is 32.1 Å². The number of aliphatic carboxylic acids is 1.